The van der Waals surface area contributed by atoms with Gasteiger partial charge in [-0.2, -0.15) is 0 Å². The van der Waals surface area contributed by atoms with Gasteiger partial charge in [-0.1, -0.05) is 18.2 Å². The standard InChI is InChI=1S/C13H9ClFN/c14-7-9-1-2-10(5-9)11-3-4-12(8-16)13(15)6-11/h1-6,16H,7H2/b11-10-. The van der Waals surface area contributed by atoms with Crippen LogP contribution in [-0.4, -0.2) is 11.7 Å². The highest BCUT2D eigenvalue weighted by atomic mass is 35.5. The van der Waals surface area contributed by atoms with Gasteiger partial charge in [0.15, 0.2) is 0 Å². The summed E-state index contributed by atoms with van der Waals surface area (Å²) in [6.07, 6.45) is 5.74. The highest BCUT2D eigenvalue weighted by Gasteiger charge is 2.02. The fourth-order valence-electron chi connectivity index (χ4n) is 1.55. The molecule has 0 aliphatic heterocycles. The van der Waals surface area contributed by atoms with Crippen LogP contribution in [0.15, 0.2) is 42.0 Å². The Hall–Kier alpha value is -1.63. The zero-order chi connectivity index (χ0) is 11.5. The van der Waals surface area contributed by atoms with Crippen LogP contribution in [0, 0.1) is 11.2 Å². The highest BCUT2D eigenvalue weighted by Crippen LogP contribution is 2.15. The molecule has 0 unspecified atom stereocenters. The molecule has 0 heterocycles. The average molecular weight is 234 g/mol. The number of nitrogens with one attached hydrogen (secondary N) is 1. The summed E-state index contributed by atoms with van der Waals surface area (Å²) < 4.78 is 13.4. The Morgan fingerprint density at radius 2 is 2.12 bits per heavy atom. The maximum atomic E-state index is 13.4. The van der Waals surface area contributed by atoms with E-state index in [4.69, 9.17) is 17.0 Å². The normalized spacial score (nSPS) is 17.2. The molecule has 16 heavy (non-hydrogen) atoms. The highest BCUT2D eigenvalue weighted by molar-refractivity contribution is 6.20. The molecule has 0 aromatic heterocycles. The fraction of sp³-hybridized carbons (Fsp3) is 0.0769. The van der Waals surface area contributed by atoms with Crippen LogP contribution in [0.4, 0.5) is 4.39 Å². The summed E-state index contributed by atoms with van der Waals surface area (Å²) in [4.78, 5) is 0. The van der Waals surface area contributed by atoms with Gasteiger partial charge in [0.25, 0.3) is 0 Å². The van der Waals surface area contributed by atoms with Crippen molar-refractivity contribution < 1.29 is 4.39 Å². The van der Waals surface area contributed by atoms with Crippen LogP contribution in [0.5, 0.6) is 0 Å². The topological polar surface area (TPSA) is 23.9 Å². The molecule has 0 saturated carbocycles. The number of alkyl halides is 1. The molecule has 0 fully saturated rings. The first kappa shape index (κ1) is 10.9. The lowest BCUT2D eigenvalue weighted by Crippen LogP contribution is -2.15. The molecule has 0 radical (unpaired) electrons. The number of halogens is 2. The summed E-state index contributed by atoms with van der Waals surface area (Å²) in [5, 5.41) is 7.85. The molecule has 1 N–H and O–H groups in total. The van der Waals surface area contributed by atoms with E-state index in [1.165, 1.54) is 6.07 Å². The van der Waals surface area contributed by atoms with Crippen molar-refractivity contribution in [3.05, 3.63) is 58.3 Å². The summed E-state index contributed by atoms with van der Waals surface area (Å²) in [5.41, 5.74) is 1.95. The summed E-state index contributed by atoms with van der Waals surface area (Å²) in [6, 6.07) is 4.72. The lowest BCUT2D eigenvalue weighted by atomic mass is 10.1. The van der Waals surface area contributed by atoms with E-state index in [2.05, 4.69) is 0 Å². The largest absolute Gasteiger partial charge is 0.258 e. The van der Waals surface area contributed by atoms with Crippen molar-refractivity contribution in [2.45, 2.75) is 0 Å². The SMILES string of the molecule is N=C=c1cc/c(=C2\C=CC(CCl)=C2)cc1F. The summed E-state index contributed by atoms with van der Waals surface area (Å²) in [5.74, 6) is 2.07. The molecule has 0 amide bonds. The Morgan fingerprint density at radius 3 is 2.69 bits per heavy atom. The molecule has 80 valence electrons. The van der Waals surface area contributed by atoms with Gasteiger partial charge in [-0.15, -0.1) is 11.6 Å². The number of hydrogen-bond donors (Lipinski definition) is 1. The molecule has 1 aromatic rings. The van der Waals surface area contributed by atoms with Gasteiger partial charge in [0.05, 0.1) is 5.22 Å². The zero-order valence-electron chi connectivity index (χ0n) is 8.43. The minimum absolute atomic E-state index is 0.174. The van der Waals surface area contributed by atoms with E-state index in [9.17, 15) is 4.39 Å². The number of benzene rings is 1. The van der Waals surface area contributed by atoms with Crippen molar-refractivity contribution in [1.29, 1.82) is 5.41 Å². The van der Waals surface area contributed by atoms with Gasteiger partial charge in [0.2, 0.25) is 0 Å². The second-order valence-corrected chi connectivity index (χ2v) is 3.73. The molecule has 0 bridgehead atoms. The van der Waals surface area contributed by atoms with Crippen molar-refractivity contribution >= 4 is 23.0 Å². The number of rotatable bonds is 1. The van der Waals surface area contributed by atoms with Gasteiger partial charge >= 0.3 is 0 Å². The minimum Gasteiger partial charge on any atom is -0.258 e. The van der Waals surface area contributed by atoms with Crippen LogP contribution in [0.2, 0.25) is 0 Å². The number of hydrogen-bond acceptors (Lipinski definition) is 1. The predicted molar refractivity (Wildman–Crippen MR) is 63.8 cm³/mol. The molecule has 0 atom stereocenters. The Bertz CT molecular complexity index is 622. The molecule has 3 heteroatoms. The van der Waals surface area contributed by atoms with Crippen molar-refractivity contribution in [2.24, 2.45) is 0 Å². The average Bonchev–Trinajstić information content (AvgIpc) is 2.77. The summed E-state index contributed by atoms with van der Waals surface area (Å²) in [7, 11) is 0. The Morgan fingerprint density at radius 1 is 1.31 bits per heavy atom. The molecule has 1 aromatic carbocycles. The Kier molecular flexibility index (Phi) is 3.04. The fourth-order valence-corrected chi connectivity index (χ4v) is 1.72. The van der Waals surface area contributed by atoms with E-state index in [1.54, 1.807) is 12.1 Å². The van der Waals surface area contributed by atoms with E-state index in [0.717, 1.165) is 16.4 Å². The van der Waals surface area contributed by atoms with Crippen LogP contribution in [0.1, 0.15) is 0 Å². The Labute approximate surface area is 97.4 Å². The van der Waals surface area contributed by atoms with Crippen molar-refractivity contribution in [3.8, 4) is 0 Å². The first-order valence-corrected chi connectivity index (χ1v) is 5.32. The van der Waals surface area contributed by atoms with E-state index in [-0.39, 0.29) is 5.22 Å². The molecule has 1 nitrogen and oxygen atoms in total. The van der Waals surface area contributed by atoms with Crippen molar-refractivity contribution in [1.82, 2.24) is 0 Å². The quantitative estimate of drug-likeness (QED) is 0.563. The second-order valence-electron chi connectivity index (χ2n) is 3.46. The number of allylic oxidation sites excluding steroid dienone is 4. The summed E-state index contributed by atoms with van der Waals surface area (Å²) in [6.45, 7) is 0. The third-order valence-electron chi connectivity index (χ3n) is 2.41. The van der Waals surface area contributed by atoms with E-state index in [0.29, 0.717) is 5.88 Å². The van der Waals surface area contributed by atoms with E-state index in [1.807, 2.05) is 24.1 Å². The van der Waals surface area contributed by atoms with Crippen LogP contribution < -0.4 is 10.4 Å². The van der Waals surface area contributed by atoms with E-state index < -0.39 is 5.82 Å². The molecule has 1 aliphatic carbocycles. The van der Waals surface area contributed by atoms with Crippen molar-refractivity contribution in [3.63, 3.8) is 0 Å². The molecular weight excluding hydrogens is 225 g/mol. The summed E-state index contributed by atoms with van der Waals surface area (Å²) >= 11 is 5.70. The van der Waals surface area contributed by atoms with Gasteiger partial charge in [-0.05, 0) is 40.4 Å². The van der Waals surface area contributed by atoms with Crippen LogP contribution in [0.3, 0.4) is 0 Å². The van der Waals surface area contributed by atoms with Gasteiger partial charge in [0.1, 0.15) is 5.82 Å². The van der Waals surface area contributed by atoms with Crippen LogP contribution in [0.25, 0.3) is 5.57 Å². The minimum atomic E-state index is -0.430. The van der Waals surface area contributed by atoms with E-state index >= 15 is 0 Å². The molecular formula is C13H9ClFN. The lowest BCUT2D eigenvalue weighted by Gasteiger charge is -1.93. The maximum absolute atomic E-state index is 13.4. The molecule has 0 spiro atoms. The lowest BCUT2D eigenvalue weighted by molar-refractivity contribution is 0.618. The Balaban J connectivity index is 2.64. The van der Waals surface area contributed by atoms with Crippen molar-refractivity contribution in [2.75, 3.05) is 5.88 Å². The van der Waals surface area contributed by atoms with Gasteiger partial charge in [-0.3, -0.25) is 5.41 Å². The first-order valence-electron chi connectivity index (χ1n) is 4.79. The van der Waals surface area contributed by atoms with Crippen LogP contribution >= 0.6 is 11.6 Å². The molecule has 2 rings (SSSR count). The third kappa shape index (κ3) is 1.99. The predicted octanol–water partition coefficient (Wildman–Crippen LogP) is 1.63. The van der Waals surface area contributed by atoms with Crippen LogP contribution in [-0.2, 0) is 0 Å². The molecule has 0 saturated heterocycles. The van der Waals surface area contributed by atoms with Gasteiger partial charge in [-0.25, -0.2) is 4.39 Å². The molecule has 1 aliphatic rings. The van der Waals surface area contributed by atoms with Gasteiger partial charge < -0.3 is 0 Å². The zero-order valence-corrected chi connectivity index (χ0v) is 9.18. The maximum Gasteiger partial charge on any atom is 0.140 e. The third-order valence-corrected chi connectivity index (χ3v) is 2.72. The van der Waals surface area contributed by atoms with Gasteiger partial charge in [0, 0.05) is 5.88 Å². The monoisotopic (exact) mass is 233 g/mol. The first-order chi connectivity index (χ1) is 7.74. The smallest absolute Gasteiger partial charge is 0.140 e. The second kappa shape index (κ2) is 4.48.